The second-order valence-corrected chi connectivity index (χ2v) is 3.59. The smallest absolute Gasteiger partial charge is 0.0593 e. The SMILES string of the molecule is CCOCCN(CC)CC(CCO)NC. The molecule has 92 valence electrons. The van der Waals surface area contributed by atoms with Crippen LogP contribution in [0.15, 0.2) is 0 Å². The Labute approximate surface area is 93.6 Å². The van der Waals surface area contributed by atoms with E-state index >= 15 is 0 Å². The normalized spacial score (nSPS) is 13.4. The summed E-state index contributed by atoms with van der Waals surface area (Å²) >= 11 is 0. The molecular formula is C11H26N2O2. The molecule has 0 aromatic rings. The number of rotatable bonds is 10. The van der Waals surface area contributed by atoms with Gasteiger partial charge in [-0.2, -0.15) is 0 Å². The summed E-state index contributed by atoms with van der Waals surface area (Å²) in [5, 5.41) is 12.1. The molecule has 0 saturated carbocycles. The summed E-state index contributed by atoms with van der Waals surface area (Å²) in [7, 11) is 1.94. The first-order valence-corrected chi connectivity index (χ1v) is 5.86. The number of nitrogens with zero attached hydrogens (tertiary/aromatic N) is 1. The summed E-state index contributed by atoms with van der Waals surface area (Å²) in [6, 6.07) is 0.372. The van der Waals surface area contributed by atoms with E-state index < -0.39 is 0 Å². The van der Waals surface area contributed by atoms with Crippen LogP contribution in [-0.4, -0.2) is 62.6 Å². The summed E-state index contributed by atoms with van der Waals surface area (Å²) in [5.74, 6) is 0. The Morgan fingerprint density at radius 1 is 1.40 bits per heavy atom. The number of ether oxygens (including phenoxy) is 1. The van der Waals surface area contributed by atoms with Crippen LogP contribution < -0.4 is 5.32 Å². The standard InChI is InChI=1S/C11H26N2O2/c1-4-13(7-9-15-5-2)10-11(12-3)6-8-14/h11-12,14H,4-10H2,1-3H3. The minimum atomic E-state index is 0.245. The summed E-state index contributed by atoms with van der Waals surface area (Å²) in [6.07, 6.45) is 0.807. The van der Waals surface area contributed by atoms with Crippen molar-refractivity contribution in [3.63, 3.8) is 0 Å². The quantitative estimate of drug-likeness (QED) is 0.518. The van der Waals surface area contributed by atoms with Gasteiger partial charge in [0.2, 0.25) is 0 Å². The van der Waals surface area contributed by atoms with Gasteiger partial charge in [0.1, 0.15) is 0 Å². The summed E-state index contributed by atoms with van der Waals surface area (Å²) in [6.45, 7) is 8.94. The van der Waals surface area contributed by atoms with Crippen molar-refractivity contribution in [3.05, 3.63) is 0 Å². The molecule has 0 aromatic carbocycles. The maximum absolute atomic E-state index is 8.88. The first-order valence-electron chi connectivity index (χ1n) is 5.86. The molecule has 0 spiro atoms. The fourth-order valence-corrected chi connectivity index (χ4v) is 1.51. The second-order valence-electron chi connectivity index (χ2n) is 3.59. The number of likely N-dealkylation sites (N-methyl/N-ethyl adjacent to an activating group) is 2. The molecular weight excluding hydrogens is 192 g/mol. The van der Waals surface area contributed by atoms with E-state index in [0.717, 1.165) is 39.3 Å². The van der Waals surface area contributed by atoms with E-state index in [0.29, 0.717) is 6.04 Å². The fraction of sp³-hybridized carbons (Fsp3) is 1.00. The van der Waals surface area contributed by atoms with Gasteiger partial charge in [-0.25, -0.2) is 0 Å². The lowest BCUT2D eigenvalue weighted by atomic mass is 10.2. The van der Waals surface area contributed by atoms with Gasteiger partial charge >= 0.3 is 0 Å². The van der Waals surface area contributed by atoms with Crippen molar-refractivity contribution in [1.29, 1.82) is 0 Å². The Morgan fingerprint density at radius 2 is 2.13 bits per heavy atom. The van der Waals surface area contributed by atoms with E-state index in [2.05, 4.69) is 17.1 Å². The monoisotopic (exact) mass is 218 g/mol. The molecule has 15 heavy (non-hydrogen) atoms. The highest BCUT2D eigenvalue weighted by atomic mass is 16.5. The number of hydrogen-bond donors (Lipinski definition) is 2. The van der Waals surface area contributed by atoms with Crippen LogP contribution in [0.2, 0.25) is 0 Å². The van der Waals surface area contributed by atoms with Crippen LogP contribution in [0.3, 0.4) is 0 Å². The minimum Gasteiger partial charge on any atom is -0.396 e. The van der Waals surface area contributed by atoms with Gasteiger partial charge in [0.15, 0.2) is 0 Å². The second kappa shape index (κ2) is 10.4. The molecule has 0 amide bonds. The van der Waals surface area contributed by atoms with E-state index in [1.807, 2.05) is 14.0 Å². The highest BCUT2D eigenvalue weighted by Crippen LogP contribution is 1.96. The highest BCUT2D eigenvalue weighted by Gasteiger charge is 2.10. The summed E-state index contributed by atoms with van der Waals surface area (Å²) in [4.78, 5) is 2.34. The molecule has 0 aliphatic carbocycles. The van der Waals surface area contributed by atoms with E-state index in [1.54, 1.807) is 0 Å². The topological polar surface area (TPSA) is 44.7 Å². The molecule has 4 nitrogen and oxygen atoms in total. The van der Waals surface area contributed by atoms with Crippen LogP contribution in [-0.2, 0) is 4.74 Å². The lowest BCUT2D eigenvalue weighted by Gasteiger charge is -2.25. The maximum atomic E-state index is 8.88. The fourth-order valence-electron chi connectivity index (χ4n) is 1.51. The van der Waals surface area contributed by atoms with Crippen molar-refractivity contribution in [2.75, 3.05) is 46.5 Å². The average Bonchev–Trinajstić information content (AvgIpc) is 2.26. The zero-order chi connectivity index (χ0) is 11.5. The molecule has 0 radical (unpaired) electrons. The third kappa shape index (κ3) is 7.73. The van der Waals surface area contributed by atoms with E-state index in [-0.39, 0.29) is 6.61 Å². The van der Waals surface area contributed by atoms with Gasteiger partial charge in [-0.15, -0.1) is 0 Å². The lowest BCUT2D eigenvalue weighted by Crippen LogP contribution is -2.41. The van der Waals surface area contributed by atoms with Crippen molar-refractivity contribution in [1.82, 2.24) is 10.2 Å². The number of aliphatic hydroxyl groups excluding tert-OH is 1. The summed E-state index contributed by atoms with van der Waals surface area (Å²) < 4.78 is 5.33. The third-order valence-electron chi connectivity index (χ3n) is 2.57. The Hall–Kier alpha value is -0.160. The minimum absolute atomic E-state index is 0.245. The van der Waals surface area contributed by atoms with E-state index in [4.69, 9.17) is 9.84 Å². The predicted octanol–water partition coefficient (Wildman–Crippen LogP) is 0.315. The van der Waals surface area contributed by atoms with Crippen LogP contribution >= 0.6 is 0 Å². The van der Waals surface area contributed by atoms with Gasteiger partial charge in [-0.3, -0.25) is 4.90 Å². The molecule has 0 aliphatic rings. The number of hydrogen-bond acceptors (Lipinski definition) is 4. The van der Waals surface area contributed by atoms with Gasteiger partial charge in [-0.1, -0.05) is 6.92 Å². The number of aliphatic hydroxyl groups is 1. The van der Waals surface area contributed by atoms with Gasteiger partial charge in [0, 0.05) is 32.3 Å². The Balaban J connectivity index is 3.73. The molecule has 0 saturated heterocycles. The number of nitrogens with one attached hydrogen (secondary N) is 1. The van der Waals surface area contributed by atoms with E-state index in [1.165, 1.54) is 0 Å². The Morgan fingerprint density at radius 3 is 2.60 bits per heavy atom. The molecule has 4 heteroatoms. The zero-order valence-electron chi connectivity index (χ0n) is 10.3. The van der Waals surface area contributed by atoms with Crippen LogP contribution in [0.25, 0.3) is 0 Å². The maximum Gasteiger partial charge on any atom is 0.0593 e. The van der Waals surface area contributed by atoms with Gasteiger partial charge in [-0.05, 0) is 26.9 Å². The van der Waals surface area contributed by atoms with E-state index in [9.17, 15) is 0 Å². The molecule has 0 aromatic heterocycles. The largest absolute Gasteiger partial charge is 0.396 e. The molecule has 0 heterocycles. The molecule has 1 unspecified atom stereocenters. The molecule has 0 fully saturated rings. The molecule has 0 bridgehead atoms. The third-order valence-corrected chi connectivity index (χ3v) is 2.57. The van der Waals surface area contributed by atoms with Crippen LogP contribution in [0.5, 0.6) is 0 Å². The molecule has 0 rings (SSSR count). The van der Waals surface area contributed by atoms with Crippen molar-refractivity contribution in [3.8, 4) is 0 Å². The van der Waals surface area contributed by atoms with Crippen molar-refractivity contribution < 1.29 is 9.84 Å². The first-order chi connectivity index (χ1) is 7.28. The zero-order valence-corrected chi connectivity index (χ0v) is 10.3. The lowest BCUT2D eigenvalue weighted by molar-refractivity contribution is 0.109. The van der Waals surface area contributed by atoms with Crippen LogP contribution in [0.4, 0.5) is 0 Å². The molecule has 1 atom stereocenters. The van der Waals surface area contributed by atoms with Crippen LogP contribution in [0, 0.1) is 0 Å². The van der Waals surface area contributed by atoms with Crippen molar-refractivity contribution in [2.45, 2.75) is 26.3 Å². The first kappa shape index (κ1) is 14.8. The van der Waals surface area contributed by atoms with Gasteiger partial charge in [0.25, 0.3) is 0 Å². The summed E-state index contributed by atoms with van der Waals surface area (Å²) in [5.41, 5.74) is 0. The average molecular weight is 218 g/mol. The molecule has 2 N–H and O–H groups in total. The van der Waals surface area contributed by atoms with Gasteiger partial charge < -0.3 is 15.2 Å². The Bertz CT molecular complexity index is 134. The molecule has 0 aliphatic heterocycles. The van der Waals surface area contributed by atoms with Crippen LogP contribution in [0.1, 0.15) is 20.3 Å². The Kier molecular flexibility index (Phi) is 10.3. The highest BCUT2D eigenvalue weighted by molar-refractivity contribution is 4.69. The van der Waals surface area contributed by atoms with Gasteiger partial charge in [0.05, 0.1) is 6.61 Å². The van der Waals surface area contributed by atoms with Crippen molar-refractivity contribution >= 4 is 0 Å². The predicted molar refractivity (Wildman–Crippen MR) is 63.2 cm³/mol. The van der Waals surface area contributed by atoms with Crippen molar-refractivity contribution in [2.24, 2.45) is 0 Å².